The van der Waals surface area contributed by atoms with Crippen molar-refractivity contribution < 1.29 is 4.79 Å². The van der Waals surface area contributed by atoms with Gasteiger partial charge in [-0.1, -0.05) is 87.4 Å². The van der Waals surface area contributed by atoms with Crippen LogP contribution in [-0.2, 0) is 21.0 Å². The van der Waals surface area contributed by atoms with Gasteiger partial charge in [0.15, 0.2) is 0 Å². The molecular weight excluding hydrogens is 318 g/mol. The summed E-state index contributed by atoms with van der Waals surface area (Å²) in [6, 6.07) is 4.62. The smallest absolute Gasteiger partial charge is 0.227 e. The first kappa shape index (κ1) is 22.5. The normalized spacial score (nSPS) is 12.8. The molecule has 1 aromatic carbocycles. The summed E-state index contributed by atoms with van der Waals surface area (Å²) < 4.78 is 0. The van der Waals surface area contributed by atoms with Gasteiger partial charge >= 0.3 is 0 Å². The van der Waals surface area contributed by atoms with Crippen LogP contribution >= 0.6 is 0 Å². The fraction of sp³-hybridized carbons (Fsp3) is 0.625. The molecule has 1 amide bonds. The van der Waals surface area contributed by atoms with Gasteiger partial charge in [0, 0.05) is 13.0 Å². The first-order chi connectivity index (χ1) is 11.6. The molecule has 146 valence electrons. The third kappa shape index (κ3) is 4.99. The van der Waals surface area contributed by atoms with Crippen LogP contribution in [0.1, 0.15) is 92.3 Å². The summed E-state index contributed by atoms with van der Waals surface area (Å²) in [5.74, 6) is 0.143. The van der Waals surface area contributed by atoms with E-state index in [1.165, 1.54) is 16.7 Å². The predicted molar refractivity (Wildman–Crippen MR) is 115 cm³/mol. The van der Waals surface area contributed by atoms with Crippen LogP contribution in [0, 0.1) is 0 Å². The molecule has 0 saturated heterocycles. The van der Waals surface area contributed by atoms with Crippen molar-refractivity contribution in [3.8, 4) is 0 Å². The molecule has 0 saturated carbocycles. The molecule has 1 aromatic rings. The van der Waals surface area contributed by atoms with Crippen molar-refractivity contribution in [3.05, 3.63) is 41.5 Å². The minimum Gasteiger partial charge on any atom is -0.308 e. The van der Waals surface area contributed by atoms with E-state index in [0.717, 1.165) is 5.69 Å². The average Bonchev–Trinajstić information content (AvgIpc) is 2.48. The number of amides is 1. The highest BCUT2D eigenvalue weighted by Gasteiger charge is 2.32. The highest BCUT2D eigenvalue weighted by molar-refractivity contribution is 5.95. The Morgan fingerprint density at radius 2 is 1.35 bits per heavy atom. The molecule has 0 aliphatic carbocycles. The first-order valence-electron chi connectivity index (χ1n) is 9.75. The van der Waals surface area contributed by atoms with Crippen LogP contribution in [0.5, 0.6) is 0 Å². The Bertz CT molecular complexity index is 628. The highest BCUT2D eigenvalue weighted by atomic mass is 16.2. The van der Waals surface area contributed by atoms with Gasteiger partial charge in [0.1, 0.15) is 0 Å². The zero-order valence-electron chi connectivity index (χ0n) is 18.7. The summed E-state index contributed by atoms with van der Waals surface area (Å²) >= 11 is 0. The minimum atomic E-state index is -0.0654. The second kappa shape index (κ2) is 7.58. The van der Waals surface area contributed by atoms with Crippen LogP contribution in [0.4, 0.5) is 5.69 Å². The molecule has 2 heteroatoms. The monoisotopic (exact) mass is 357 g/mol. The van der Waals surface area contributed by atoms with Crippen molar-refractivity contribution in [1.82, 2.24) is 0 Å². The van der Waals surface area contributed by atoms with Crippen LogP contribution < -0.4 is 4.90 Å². The molecule has 0 atom stereocenters. The van der Waals surface area contributed by atoms with Crippen LogP contribution in [0.2, 0.25) is 0 Å². The van der Waals surface area contributed by atoms with E-state index in [4.69, 9.17) is 0 Å². The molecule has 2 nitrogen and oxygen atoms in total. The van der Waals surface area contributed by atoms with Gasteiger partial charge in [-0.2, -0.15) is 0 Å². The second-order valence-electron chi connectivity index (χ2n) is 10.3. The standard InChI is InChI=1S/C24H39NO/c1-12-14-25(20(26)13-2)21-18(23(6,7)8)15-17(22(3,4)5)16-19(21)24(9,10)11/h12,15-16H,1,13-14H2,2-11H3. The molecule has 26 heavy (non-hydrogen) atoms. The van der Waals surface area contributed by atoms with Gasteiger partial charge in [-0.25, -0.2) is 0 Å². The van der Waals surface area contributed by atoms with Gasteiger partial charge in [-0.3, -0.25) is 4.79 Å². The van der Waals surface area contributed by atoms with Gasteiger partial charge < -0.3 is 4.90 Å². The van der Waals surface area contributed by atoms with E-state index >= 15 is 0 Å². The van der Waals surface area contributed by atoms with Crippen molar-refractivity contribution >= 4 is 11.6 Å². The largest absolute Gasteiger partial charge is 0.308 e. The lowest BCUT2D eigenvalue weighted by Gasteiger charge is -2.37. The lowest BCUT2D eigenvalue weighted by molar-refractivity contribution is -0.118. The number of benzene rings is 1. The lowest BCUT2D eigenvalue weighted by atomic mass is 9.73. The van der Waals surface area contributed by atoms with E-state index in [1.54, 1.807) is 0 Å². The molecular formula is C24H39NO. The van der Waals surface area contributed by atoms with E-state index < -0.39 is 0 Å². The molecule has 0 aromatic heterocycles. The summed E-state index contributed by atoms with van der Waals surface area (Å²) in [7, 11) is 0. The van der Waals surface area contributed by atoms with Crippen molar-refractivity contribution in [2.45, 2.75) is 91.9 Å². The average molecular weight is 358 g/mol. The molecule has 0 unspecified atom stereocenters. The van der Waals surface area contributed by atoms with Gasteiger partial charge in [-0.15, -0.1) is 6.58 Å². The quantitative estimate of drug-likeness (QED) is 0.563. The number of nitrogens with zero attached hydrogens (tertiary/aromatic N) is 1. The van der Waals surface area contributed by atoms with Gasteiger partial charge in [0.2, 0.25) is 5.91 Å². The van der Waals surface area contributed by atoms with Crippen molar-refractivity contribution in [2.75, 3.05) is 11.4 Å². The summed E-state index contributed by atoms with van der Waals surface area (Å²) in [5, 5.41) is 0. The van der Waals surface area contributed by atoms with Crippen LogP contribution in [0.3, 0.4) is 0 Å². The van der Waals surface area contributed by atoms with Crippen LogP contribution in [-0.4, -0.2) is 12.5 Å². The SMILES string of the molecule is C=CCN(C(=O)CC)c1c(C(C)(C)C)cc(C(C)(C)C)cc1C(C)(C)C. The Kier molecular flexibility index (Phi) is 6.55. The molecule has 0 N–H and O–H groups in total. The maximum Gasteiger partial charge on any atom is 0.227 e. The van der Waals surface area contributed by atoms with E-state index in [9.17, 15) is 4.79 Å². The summed E-state index contributed by atoms with van der Waals surface area (Å²) in [4.78, 5) is 14.8. The van der Waals surface area contributed by atoms with Gasteiger partial charge in [-0.05, 0) is 32.9 Å². The molecule has 0 spiro atoms. The fourth-order valence-electron chi connectivity index (χ4n) is 3.14. The number of carbonyl (C=O) groups is 1. The topological polar surface area (TPSA) is 20.3 Å². The zero-order valence-corrected chi connectivity index (χ0v) is 18.7. The molecule has 1 rings (SSSR count). The van der Waals surface area contributed by atoms with E-state index in [1.807, 2.05) is 17.9 Å². The minimum absolute atomic E-state index is 0.0521. The maximum absolute atomic E-state index is 12.8. The van der Waals surface area contributed by atoms with Crippen LogP contribution in [0.25, 0.3) is 0 Å². The van der Waals surface area contributed by atoms with Crippen LogP contribution in [0.15, 0.2) is 24.8 Å². The Morgan fingerprint density at radius 1 is 0.923 bits per heavy atom. The molecule has 0 heterocycles. The zero-order chi connectivity index (χ0) is 20.5. The summed E-state index contributed by atoms with van der Waals surface area (Å²) in [6.45, 7) is 26.5. The fourth-order valence-corrected chi connectivity index (χ4v) is 3.14. The summed E-state index contributed by atoms with van der Waals surface area (Å²) in [6.07, 6.45) is 2.31. The Labute approximate surface area is 161 Å². The number of rotatable bonds is 4. The third-order valence-corrected chi connectivity index (χ3v) is 4.78. The molecule has 0 fully saturated rings. The first-order valence-corrected chi connectivity index (χ1v) is 9.75. The Balaban J connectivity index is 4.01. The van der Waals surface area contributed by atoms with Gasteiger partial charge in [0.25, 0.3) is 0 Å². The maximum atomic E-state index is 12.8. The lowest BCUT2D eigenvalue weighted by Crippen LogP contribution is -2.36. The van der Waals surface area contributed by atoms with Crippen molar-refractivity contribution in [2.24, 2.45) is 0 Å². The van der Waals surface area contributed by atoms with Gasteiger partial charge in [0.05, 0.1) is 5.69 Å². The Morgan fingerprint density at radius 3 is 1.62 bits per heavy atom. The number of hydrogen-bond acceptors (Lipinski definition) is 1. The number of hydrogen-bond donors (Lipinski definition) is 0. The number of anilines is 1. The molecule has 0 bridgehead atoms. The Hall–Kier alpha value is -1.57. The summed E-state index contributed by atoms with van der Waals surface area (Å²) in [5.41, 5.74) is 4.78. The predicted octanol–water partition coefficient (Wildman–Crippen LogP) is 6.51. The second-order valence-corrected chi connectivity index (χ2v) is 10.3. The third-order valence-electron chi connectivity index (χ3n) is 4.78. The molecule has 0 aliphatic rings. The van der Waals surface area contributed by atoms with E-state index in [0.29, 0.717) is 13.0 Å². The molecule has 0 radical (unpaired) electrons. The highest BCUT2D eigenvalue weighted by Crippen LogP contribution is 2.43. The van der Waals surface area contributed by atoms with Crippen molar-refractivity contribution in [1.29, 1.82) is 0 Å². The number of carbonyl (C=O) groups excluding carboxylic acids is 1. The van der Waals surface area contributed by atoms with E-state index in [-0.39, 0.29) is 22.2 Å². The molecule has 0 aliphatic heterocycles. The van der Waals surface area contributed by atoms with E-state index in [2.05, 4.69) is 81.0 Å². The van der Waals surface area contributed by atoms with Crippen molar-refractivity contribution in [3.63, 3.8) is 0 Å².